The summed E-state index contributed by atoms with van der Waals surface area (Å²) in [6.07, 6.45) is 3.11. The Hall–Kier alpha value is -1.81. The first-order chi connectivity index (χ1) is 7.10. The predicted octanol–water partition coefficient (Wildman–Crippen LogP) is 0.482. The summed E-state index contributed by atoms with van der Waals surface area (Å²) in [7, 11) is 0. The zero-order valence-electron chi connectivity index (χ0n) is 8.66. The summed E-state index contributed by atoms with van der Waals surface area (Å²) in [6.45, 7) is 2.23. The van der Waals surface area contributed by atoms with Crippen LogP contribution in [-0.4, -0.2) is 5.91 Å². The van der Waals surface area contributed by atoms with Crippen LogP contribution in [0.4, 0.5) is 0 Å². The molecule has 0 aliphatic carbocycles. The van der Waals surface area contributed by atoms with Crippen LogP contribution in [0.3, 0.4) is 0 Å². The number of aryl methyl sites for hydroxylation is 1. The second-order valence-corrected chi connectivity index (χ2v) is 3.29. The molecule has 1 aromatic rings. The zero-order valence-corrected chi connectivity index (χ0v) is 8.66. The summed E-state index contributed by atoms with van der Waals surface area (Å²) >= 11 is 0. The Kier molecular flexibility index (Phi) is 3.46. The summed E-state index contributed by atoms with van der Waals surface area (Å²) in [6, 6.07) is 3.57. The van der Waals surface area contributed by atoms with Crippen molar-refractivity contribution in [2.24, 2.45) is 17.2 Å². The van der Waals surface area contributed by atoms with Gasteiger partial charge in [0.15, 0.2) is 0 Å². The number of amides is 1. The van der Waals surface area contributed by atoms with E-state index in [1.54, 1.807) is 12.1 Å². The van der Waals surface area contributed by atoms with Crippen molar-refractivity contribution in [3.05, 3.63) is 40.6 Å². The second kappa shape index (κ2) is 4.61. The van der Waals surface area contributed by atoms with E-state index in [9.17, 15) is 4.79 Å². The average Bonchev–Trinajstić information content (AvgIpc) is 2.20. The first-order valence-electron chi connectivity index (χ1n) is 4.61. The van der Waals surface area contributed by atoms with Gasteiger partial charge >= 0.3 is 0 Å². The van der Waals surface area contributed by atoms with Gasteiger partial charge in [-0.3, -0.25) is 4.79 Å². The van der Waals surface area contributed by atoms with E-state index in [1.807, 2.05) is 13.0 Å². The van der Waals surface area contributed by atoms with E-state index in [2.05, 4.69) is 0 Å². The molecule has 1 aromatic carbocycles. The van der Waals surface area contributed by atoms with E-state index in [0.29, 0.717) is 12.1 Å². The van der Waals surface area contributed by atoms with E-state index >= 15 is 0 Å². The highest BCUT2D eigenvalue weighted by atomic mass is 16.1. The summed E-state index contributed by atoms with van der Waals surface area (Å²) in [5.41, 5.74) is 19.2. The van der Waals surface area contributed by atoms with Gasteiger partial charge in [0, 0.05) is 12.1 Å². The van der Waals surface area contributed by atoms with Gasteiger partial charge in [-0.1, -0.05) is 6.07 Å². The van der Waals surface area contributed by atoms with Crippen molar-refractivity contribution < 1.29 is 4.79 Å². The lowest BCUT2D eigenvalue weighted by molar-refractivity contribution is 0.0999. The minimum Gasteiger partial charge on any atom is -0.405 e. The van der Waals surface area contributed by atoms with Gasteiger partial charge in [-0.25, -0.2) is 0 Å². The lowest BCUT2D eigenvalue weighted by Gasteiger charge is -2.08. The first-order valence-corrected chi connectivity index (χ1v) is 4.61. The van der Waals surface area contributed by atoms with E-state index in [1.165, 1.54) is 6.20 Å². The number of nitrogens with two attached hydrogens (primary N) is 3. The van der Waals surface area contributed by atoms with Crippen LogP contribution in [0.25, 0.3) is 6.08 Å². The lowest BCUT2D eigenvalue weighted by Crippen LogP contribution is -2.14. The maximum Gasteiger partial charge on any atom is 0.248 e. The Morgan fingerprint density at radius 1 is 1.47 bits per heavy atom. The molecule has 6 N–H and O–H groups in total. The minimum absolute atomic E-state index is 0.402. The van der Waals surface area contributed by atoms with E-state index < -0.39 is 5.91 Å². The largest absolute Gasteiger partial charge is 0.405 e. The van der Waals surface area contributed by atoms with Crippen LogP contribution in [0.5, 0.6) is 0 Å². The topological polar surface area (TPSA) is 95.1 Å². The summed E-state index contributed by atoms with van der Waals surface area (Å²) in [5.74, 6) is -0.442. The monoisotopic (exact) mass is 205 g/mol. The number of hydrogen-bond acceptors (Lipinski definition) is 3. The molecule has 0 atom stereocenters. The minimum atomic E-state index is -0.442. The Balaban J connectivity index is 3.36. The summed E-state index contributed by atoms with van der Waals surface area (Å²) in [4.78, 5) is 11.1. The Labute approximate surface area is 88.7 Å². The molecular formula is C11H15N3O. The molecular weight excluding hydrogens is 190 g/mol. The zero-order chi connectivity index (χ0) is 11.4. The molecule has 4 heteroatoms. The Morgan fingerprint density at radius 3 is 2.60 bits per heavy atom. The van der Waals surface area contributed by atoms with Gasteiger partial charge in [-0.2, -0.15) is 0 Å². The second-order valence-electron chi connectivity index (χ2n) is 3.29. The Morgan fingerprint density at radius 2 is 2.13 bits per heavy atom. The average molecular weight is 205 g/mol. The lowest BCUT2D eigenvalue weighted by atomic mass is 9.98. The third-order valence-corrected chi connectivity index (χ3v) is 2.25. The fourth-order valence-electron chi connectivity index (χ4n) is 1.49. The number of carbonyl (C=O) groups is 1. The molecule has 0 fully saturated rings. The SMILES string of the molecule is Cc1cc(CN)c(/C=C\N)cc1C(N)=O. The van der Waals surface area contributed by atoms with Gasteiger partial charge in [-0.05, 0) is 42.0 Å². The third-order valence-electron chi connectivity index (χ3n) is 2.25. The van der Waals surface area contributed by atoms with E-state index in [4.69, 9.17) is 17.2 Å². The van der Waals surface area contributed by atoms with Crippen molar-refractivity contribution in [1.82, 2.24) is 0 Å². The molecule has 0 heterocycles. The standard InChI is InChI=1S/C11H15N3O/c1-7-4-9(6-13)8(2-3-12)5-10(7)11(14)15/h2-5H,6,12-13H2,1H3,(H2,14,15)/b3-2-. The number of primary amides is 1. The van der Waals surface area contributed by atoms with Gasteiger partial charge in [0.1, 0.15) is 0 Å². The highest BCUT2D eigenvalue weighted by Gasteiger charge is 2.08. The highest BCUT2D eigenvalue weighted by molar-refractivity contribution is 5.95. The smallest absolute Gasteiger partial charge is 0.248 e. The molecule has 15 heavy (non-hydrogen) atoms. The molecule has 1 amide bonds. The molecule has 0 unspecified atom stereocenters. The number of benzene rings is 1. The number of carbonyl (C=O) groups excluding carboxylic acids is 1. The fraction of sp³-hybridized carbons (Fsp3) is 0.182. The number of rotatable bonds is 3. The van der Waals surface area contributed by atoms with Crippen molar-refractivity contribution in [2.45, 2.75) is 13.5 Å². The van der Waals surface area contributed by atoms with E-state index in [-0.39, 0.29) is 0 Å². The normalized spacial score (nSPS) is 10.8. The fourth-order valence-corrected chi connectivity index (χ4v) is 1.49. The van der Waals surface area contributed by atoms with Crippen molar-refractivity contribution in [3.8, 4) is 0 Å². The highest BCUT2D eigenvalue weighted by Crippen LogP contribution is 2.17. The van der Waals surface area contributed by atoms with Crippen LogP contribution >= 0.6 is 0 Å². The molecule has 0 bridgehead atoms. The third kappa shape index (κ3) is 2.35. The van der Waals surface area contributed by atoms with Gasteiger partial charge in [0.05, 0.1) is 0 Å². The van der Waals surface area contributed by atoms with Crippen LogP contribution in [0.2, 0.25) is 0 Å². The van der Waals surface area contributed by atoms with Gasteiger partial charge < -0.3 is 17.2 Å². The maximum atomic E-state index is 11.1. The van der Waals surface area contributed by atoms with E-state index in [0.717, 1.165) is 16.7 Å². The van der Waals surface area contributed by atoms with Crippen molar-refractivity contribution in [3.63, 3.8) is 0 Å². The van der Waals surface area contributed by atoms with Crippen LogP contribution < -0.4 is 17.2 Å². The molecule has 0 aromatic heterocycles. The molecule has 1 rings (SSSR count). The van der Waals surface area contributed by atoms with Gasteiger partial charge in [0.25, 0.3) is 0 Å². The molecule has 0 spiro atoms. The molecule has 0 aliphatic rings. The summed E-state index contributed by atoms with van der Waals surface area (Å²) in [5, 5.41) is 0. The van der Waals surface area contributed by atoms with Crippen LogP contribution in [0.15, 0.2) is 18.3 Å². The molecule has 0 saturated heterocycles. The van der Waals surface area contributed by atoms with Crippen molar-refractivity contribution in [1.29, 1.82) is 0 Å². The molecule has 80 valence electrons. The van der Waals surface area contributed by atoms with Crippen LogP contribution in [0.1, 0.15) is 27.0 Å². The summed E-state index contributed by atoms with van der Waals surface area (Å²) < 4.78 is 0. The molecule has 0 saturated carbocycles. The van der Waals surface area contributed by atoms with Crippen molar-refractivity contribution in [2.75, 3.05) is 0 Å². The Bertz CT molecular complexity index is 411. The molecule has 0 radical (unpaired) electrons. The van der Waals surface area contributed by atoms with Gasteiger partial charge in [0.2, 0.25) is 5.91 Å². The number of hydrogen-bond donors (Lipinski definition) is 3. The maximum absolute atomic E-state index is 11.1. The van der Waals surface area contributed by atoms with Gasteiger partial charge in [-0.15, -0.1) is 0 Å². The van der Waals surface area contributed by atoms with Crippen LogP contribution in [0, 0.1) is 6.92 Å². The molecule has 0 aliphatic heterocycles. The first kappa shape index (κ1) is 11.3. The van der Waals surface area contributed by atoms with Crippen LogP contribution in [-0.2, 0) is 6.54 Å². The quantitative estimate of drug-likeness (QED) is 0.669. The molecule has 4 nitrogen and oxygen atoms in total. The van der Waals surface area contributed by atoms with Crippen molar-refractivity contribution >= 4 is 12.0 Å². The predicted molar refractivity (Wildman–Crippen MR) is 60.8 cm³/mol.